The van der Waals surface area contributed by atoms with Crippen molar-refractivity contribution in [3.63, 3.8) is 0 Å². The third kappa shape index (κ3) is 2.25. The van der Waals surface area contributed by atoms with Gasteiger partial charge in [-0.1, -0.05) is 6.92 Å². The highest BCUT2D eigenvalue weighted by Gasteiger charge is 2.07. The van der Waals surface area contributed by atoms with Crippen molar-refractivity contribution in [2.45, 2.75) is 33.2 Å². The van der Waals surface area contributed by atoms with Gasteiger partial charge < -0.3 is 0 Å². The average Bonchev–Trinajstić information content (AvgIpc) is 2.80. The van der Waals surface area contributed by atoms with Crippen LogP contribution in [0.4, 0.5) is 0 Å². The fourth-order valence-electron chi connectivity index (χ4n) is 1.65. The van der Waals surface area contributed by atoms with Gasteiger partial charge in [0.05, 0.1) is 6.54 Å². The molecule has 16 heavy (non-hydrogen) atoms. The molecule has 2 aromatic rings. The van der Waals surface area contributed by atoms with Crippen LogP contribution in [0.1, 0.15) is 30.3 Å². The Morgan fingerprint density at radius 3 is 2.94 bits per heavy atom. The minimum absolute atomic E-state index is 0.717. The summed E-state index contributed by atoms with van der Waals surface area (Å²) in [7, 11) is 0. The first-order valence-corrected chi connectivity index (χ1v) is 6.73. The van der Waals surface area contributed by atoms with Crippen LogP contribution < -0.4 is 0 Å². The van der Waals surface area contributed by atoms with Crippen LogP contribution in [-0.2, 0) is 13.0 Å². The van der Waals surface area contributed by atoms with Crippen molar-refractivity contribution in [1.82, 2.24) is 14.8 Å². The monoisotopic (exact) mass is 253 g/mol. The van der Waals surface area contributed by atoms with E-state index in [1.807, 2.05) is 0 Å². The zero-order chi connectivity index (χ0) is 11.5. The summed E-state index contributed by atoms with van der Waals surface area (Å²) in [4.78, 5) is 0. The number of hydrogen-bond donors (Lipinski definition) is 1. The summed E-state index contributed by atoms with van der Waals surface area (Å²) in [6.45, 7) is 5.12. The number of H-pyrrole nitrogens is 1. The lowest BCUT2D eigenvalue weighted by Gasteiger charge is -2.05. The van der Waals surface area contributed by atoms with Crippen LogP contribution in [0.5, 0.6) is 0 Å². The standard InChI is InChI=1S/C11H15N3S2/c1-3-4-10-12-13-11(15)14(10)5-9-7-16-6-8(9)2/h6-7H,3-5H2,1-2H3,(H,13,15). The van der Waals surface area contributed by atoms with Gasteiger partial charge in [-0.3, -0.25) is 9.67 Å². The maximum absolute atomic E-state index is 5.25. The van der Waals surface area contributed by atoms with Gasteiger partial charge in [-0.05, 0) is 47.4 Å². The molecule has 1 N–H and O–H groups in total. The van der Waals surface area contributed by atoms with E-state index >= 15 is 0 Å². The zero-order valence-corrected chi connectivity index (χ0v) is 11.1. The molecule has 86 valence electrons. The molecule has 2 aromatic heterocycles. The van der Waals surface area contributed by atoms with Crippen molar-refractivity contribution >= 4 is 23.6 Å². The molecule has 2 rings (SSSR count). The lowest BCUT2D eigenvalue weighted by Crippen LogP contribution is -2.05. The molecule has 0 bridgehead atoms. The second kappa shape index (κ2) is 4.93. The molecule has 0 radical (unpaired) electrons. The molecule has 3 nitrogen and oxygen atoms in total. The Morgan fingerprint density at radius 1 is 1.50 bits per heavy atom. The summed E-state index contributed by atoms with van der Waals surface area (Å²) in [5.74, 6) is 1.05. The number of nitrogens with zero attached hydrogens (tertiary/aromatic N) is 2. The zero-order valence-electron chi connectivity index (χ0n) is 9.49. The van der Waals surface area contributed by atoms with Crippen molar-refractivity contribution < 1.29 is 0 Å². The van der Waals surface area contributed by atoms with Crippen molar-refractivity contribution in [2.75, 3.05) is 0 Å². The van der Waals surface area contributed by atoms with Crippen LogP contribution in [0, 0.1) is 11.7 Å². The fraction of sp³-hybridized carbons (Fsp3) is 0.455. The molecule has 0 saturated heterocycles. The fourth-order valence-corrected chi connectivity index (χ4v) is 2.71. The van der Waals surface area contributed by atoms with Crippen molar-refractivity contribution in [2.24, 2.45) is 0 Å². The molecule has 0 saturated carbocycles. The van der Waals surface area contributed by atoms with E-state index < -0.39 is 0 Å². The average molecular weight is 253 g/mol. The van der Waals surface area contributed by atoms with E-state index in [4.69, 9.17) is 12.2 Å². The summed E-state index contributed by atoms with van der Waals surface area (Å²) in [6, 6.07) is 0. The van der Waals surface area contributed by atoms with E-state index in [9.17, 15) is 0 Å². The molecule has 0 aliphatic carbocycles. The van der Waals surface area contributed by atoms with Gasteiger partial charge >= 0.3 is 0 Å². The second-order valence-electron chi connectivity index (χ2n) is 3.86. The molecule has 0 aliphatic heterocycles. The number of thiophene rings is 1. The van der Waals surface area contributed by atoms with E-state index in [0.29, 0.717) is 4.77 Å². The third-order valence-electron chi connectivity index (χ3n) is 2.60. The van der Waals surface area contributed by atoms with E-state index in [1.54, 1.807) is 11.3 Å². The van der Waals surface area contributed by atoms with Crippen LogP contribution >= 0.6 is 23.6 Å². The highest BCUT2D eigenvalue weighted by Crippen LogP contribution is 2.16. The topological polar surface area (TPSA) is 33.6 Å². The lowest BCUT2D eigenvalue weighted by atomic mass is 10.2. The Labute approximate surface area is 104 Å². The number of aromatic amines is 1. The Morgan fingerprint density at radius 2 is 2.31 bits per heavy atom. The summed E-state index contributed by atoms with van der Waals surface area (Å²) < 4.78 is 2.81. The molecule has 0 spiro atoms. The Balaban J connectivity index is 2.30. The van der Waals surface area contributed by atoms with E-state index in [-0.39, 0.29) is 0 Å². The highest BCUT2D eigenvalue weighted by atomic mass is 32.1. The quantitative estimate of drug-likeness (QED) is 0.848. The maximum atomic E-state index is 5.25. The number of aryl methyl sites for hydroxylation is 2. The van der Waals surface area contributed by atoms with E-state index in [1.165, 1.54) is 11.1 Å². The number of hydrogen-bond acceptors (Lipinski definition) is 3. The molecule has 0 aliphatic rings. The predicted molar refractivity (Wildman–Crippen MR) is 69.6 cm³/mol. The first-order chi connectivity index (χ1) is 7.72. The normalized spacial score (nSPS) is 10.9. The van der Waals surface area contributed by atoms with Gasteiger partial charge in [0.1, 0.15) is 5.82 Å². The van der Waals surface area contributed by atoms with Gasteiger partial charge in [0.25, 0.3) is 0 Å². The Bertz CT molecular complexity index is 521. The van der Waals surface area contributed by atoms with Crippen LogP contribution in [0.2, 0.25) is 0 Å². The summed E-state index contributed by atoms with van der Waals surface area (Å²) in [5.41, 5.74) is 2.66. The summed E-state index contributed by atoms with van der Waals surface area (Å²) in [5, 5.41) is 11.5. The first kappa shape index (κ1) is 11.5. The third-order valence-corrected chi connectivity index (χ3v) is 3.82. The first-order valence-electron chi connectivity index (χ1n) is 5.38. The summed E-state index contributed by atoms with van der Waals surface area (Å²) >= 11 is 6.99. The van der Waals surface area contributed by atoms with Gasteiger partial charge in [-0.25, -0.2) is 0 Å². The minimum atomic E-state index is 0.717. The molecule has 0 aromatic carbocycles. The number of rotatable bonds is 4. The highest BCUT2D eigenvalue weighted by molar-refractivity contribution is 7.71. The Kier molecular flexibility index (Phi) is 3.56. The molecule has 0 amide bonds. The predicted octanol–water partition coefficient (Wildman–Crippen LogP) is 3.31. The van der Waals surface area contributed by atoms with Crippen LogP contribution in [0.3, 0.4) is 0 Å². The number of aromatic nitrogens is 3. The number of nitrogens with one attached hydrogen (secondary N) is 1. The van der Waals surface area contributed by atoms with Crippen LogP contribution in [0.25, 0.3) is 0 Å². The molecular weight excluding hydrogens is 238 g/mol. The second-order valence-corrected chi connectivity index (χ2v) is 4.99. The minimum Gasteiger partial charge on any atom is -0.300 e. The van der Waals surface area contributed by atoms with Gasteiger partial charge in [0.15, 0.2) is 4.77 Å². The molecule has 0 fully saturated rings. The maximum Gasteiger partial charge on any atom is 0.195 e. The van der Waals surface area contributed by atoms with Gasteiger partial charge in [-0.15, -0.1) is 0 Å². The van der Waals surface area contributed by atoms with Gasteiger partial charge in [0, 0.05) is 6.42 Å². The van der Waals surface area contributed by atoms with Crippen LogP contribution in [-0.4, -0.2) is 14.8 Å². The lowest BCUT2D eigenvalue weighted by molar-refractivity contribution is 0.698. The molecule has 5 heteroatoms. The Hall–Kier alpha value is -0.940. The van der Waals surface area contributed by atoms with Crippen molar-refractivity contribution in [3.05, 3.63) is 32.5 Å². The van der Waals surface area contributed by atoms with E-state index in [2.05, 4.69) is 39.4 Å². The molecular formula is C11H15N3S2. The van der Waals surface area contributed by atoms with Crippen molar-refractivity contribution in [3.8, 4) is 0 Å². The summed E-state index contributed by atoms with van der Waals surface area (Å²) in [6.07, 6.45) is 2.05. The van der Waals surface area contributed by atoms with Gasteiger partial charge in [-0.2, -0.15) is 16.4 Å². The smallest absolute Gasteiger partial charge is 0.195 e. The van der Waals surface area contributed by atoms with E-state index in [0.717, 1.165) is 25.2 Å². The molecule has 0 atom stereocenters. The molecule has 2 heterocycles. The van der Waals surface area contributed by atoms with Crippen LogP contribution in [0.15, 0.2) is 10.8 Å². The largest absolute Gasteiger partial charge is 0.300 e. The van der Waals surface area contributed by atoms with Crippen molar-refractivity contribution in [1.29, 1.82) is 0 Å². The van der Waals surface area contributed by atoms with Gasteiger partial charge in [0.2, 0.25) is 0 Å². The SMILES string of the molecule is CCCc1n[nH]c(=S)n1Cc1cscc1C. The molecule has 0 unspecified atom stereocenters.